The maximum absolute atomic E-state index is 6.04. The smallest absolute Gasteiger partial charge is 0.191 e. The molecule has 24 heavy (non-hydrogen) atoms. The van der Waals surface area contributed by atoms with E-state index in [0.29, 0.717) is 13.2 Å². The predicted molar refractivity (Wildman–Crippen MR) is 98.8 cm³/mol. The Hall–Kier alpha value is -1.75. The fourth-order valence-electron chi connectivity index (χ4n) is 2.68. The molecule has 0 aliphatic carbocycles. The molecule has 1 heterocycles. The van der Waals surface area contributed by atoms with Crippen LogP contribution in [0, 0.1) is 6.92 Å². The summed E-state index contributed by atoms with van der Waals surface area (Å²) in [5.74, 6) is 1.76. The van der Waals surface area contributed by atoms with Crippen molar-refractivity contribution >= 4 is 5.96 Å². The van der Waals surface area contributed by atoms with E-state index in [0.717, 1.165) is 49.7 Å². The van der Waals surface area contributed by atoms with Crippen LogP contribution < -0.4 is 15.4 Å². The van der Waals surface area contributed by atoms with Crippen molar-refractivity contribution in [1.82, 2.24) is 10.6 Å². The van der Waals surface area contributed by atoms with Gasteiger partial charge in [0.25, 0.3) is 0 Å². The summed E-state index contributed by atoms with van der Waals surface area (Å²) in [6, 6.07) is 6.33. The average Bonchev–Trinajstić information content (AvgIpc) is 3.11. The van der Waals surface area contributed by atoms with Crippen LogP contribution in [0.2, 0.25) is 0 Å². The largest absolute Gasteiger partial charge is 0.491 e. The number of hydrogen-bond acceptors (Lipinski definition) is 3. The molecule has 1 unspecified atom stereocenters. The van der Waals surface area contributed by atoms with Gasteiger partial charge in [0.15, 0.2) is 5.96 Å². The quantitative estimate of drug-likeness (QED) is 0.436. The van der Waals surface area contributed by atoms with Crippen LogP contribution in [0.3, 0.4) is 0 Å². The molecule has 1 atom stereocenters. The highest BCUT2D eigenvalue weighted by Gasteiger charge is 2.17. The minimum Gasteiger partial charge on any atom is -0.491 e. The first-order valence-corrected chi connectivity index (χ1v) is 9.01. The fourth-order valence-corrected chi connectivity index (χ4v) is 2.68. The normalized spacial score (nSPS) is 17.8. The summed E-state index contributed by atoms with van der Waals surface area (Å²) in [6.07, 6.45) is 4.77. The summed E-state index contributed by atoms with van der Waals surface area (Å²) in [5.41, 5.74) is 2.34. The fraction of sp³-hybridized carbons (Fsp3) is 0.632. The Balaban J connectivity index is 1.90. The van der Waals surface area contributed by atoms with Crippen molar-refractivity contribution in [2.45, 2.75) is 52.2 Å². The van der Waals surface area contributed by atoms with E-state index in [1.165, 1.54) is 12.0 Å². The molecule has 2 N–H and O–H groups in total. The lowest BCUT2D eigenvalue weighted by Gasteiger charge is -2.17. The van der Waals surface area contributed by atoms with E-state index in [2.05, 4.69) is 47.7 Å². The third kappa shape index (κ3) is 6.04. The molecule has 0 amide bonds. The molecular weight excluding hydrogens is 302 g/mol. The Morgan fingerprint density at radius 3 is 2.96 bits per heavy atom. The monoisotopic (exact) mass is 333 g/mol. The first-order chi connectivity index (χ1) is 11.7. The second kappa shape index (κ2) is 10.2. The minimum atomic E-state index is 0.231. The molecule has 5 nitrogen and oxygen atoms in total. The van der Waals surface area contributed by atoms with Crippen LogP contribution in [0.4, 0.5) is 0 Å². The van der Waals surface area contributed by atoms with Crippen LogP contribution in [-0.4, -0.2) is 38.9 Å². The van der Waals surface area contributed by atoms with E-state index >= 15 is 0 Å². The lowest BCUT2D eigenvalue weighted by Crippen LogP contribution is -2.37. The number of guanidine groups is 1. The number of nitrogens with one attached hydrogen (secondary N) is 2. The molecule has 0 saturated carbocycles. The van der Waals surface area contributed by atoms with Crippen molar-refractivity contribution in [2.24, 2.45) is 4.99 Å². The molecule has 0 spiro atoms. The standard InChI is InChI=1S/C19H31N3O2/c1-4-5-10-21-19(20-3)22-13-16-9-8-15(2)12-18(16)24-14-17-7-6-11-23-17/h8-9,12,17H,4-7,10-11,13-14H2,1-3H3,(H2,20,21,22). The number of unbranched alkanes of at least 4 members (excludes halogenated alkanes) is 1. The maximum atomic E-state index is 6.04. The minimum absolute atomic E-state index is 0.231. The number of hydrogen-bond donors (Lipinski definition) is 2. The van der Waals surface area contributed by atoms with Crippen molar-refractivity contribution < 1.29 is 9.47 Å². The molecule has 1 aliphatic heterocycles. The first kappa shape index (κ1) is 18.6. The lowest BCUT2D eigenvalue weighted by atomic mass is 10.1. The highest BCUT2D eigenvalue weighted by atomic mass is 16.5. The van der Waals surface area contributed by atoms with Gasteiger partial charge in [-0.15, -0.1) is 0 Å². The van der Waals surface area contributed by atoms with Gasteiger partial charge in [0.05, 0.1) is 6.10 Å². The van der Waals surface area contributed by atoms with Crippen LogP contribution in [-0.2, 0) is 11.3 Å². The molecule has 1 fully saturated rings. The highest BCUT2D eigenvalue weighted by Crippen LogP contribution is 2.22. The predicted octanol–water partition coefficient (Wildman–Crippen LogP) is 3.02. The third-order valence-electron chi connectivity index (χ3n) is 4.16. The molecule has 1 aliphatic rings. The summed E-state index contributed by atoms with van der Waals surface area (Å²) in [6.45, 7) is 7.37. The number of ether oxygens (including phenoxy) is 2. The molecule has 5 heteroatoms. The summed E-state index contributed by atoms with van der Waals surface area (Å²) in [7, 11) is 1.80. The topological polar surface area (TPSA) is 54.9 Å². The molecule has 1 aromatic carbocycles. The van der Waals surface area contributed by atoms with Gasteiger partial charge in [0, 0.05) is 32.3 Å². The zero-order valence-corrected chi connectivity index (χ0v) is 15.2. The molecule has 0 bridgehead atoms. The van der Waals surface area contributed by atoms with E-state index in [9.17, 15) is 0 Å². The van der Waals surface area contributed by atoms with Gasteiger partial charge >= 0.3 is 0 Å². The summed E-state index contributed by atoms with van der Waals surface area (Å²) in [5, 5.41) is 6.69. The number of nitrogens with zero attached hydrogens (tertiary/aromatic N) is 1. The summed E-state index contributed by atoms with van der Waals surface area (Å²) in [4.78, 5) is 4.26. The van der Waals surface area contributed by atoms with Gasteiger partial charge in [-0.1, -0.05) is 25.5 Å². The van der Waals surface area contributed by atoms with Gasteiger partial charge in [0.2, 0.25) is 0 Å². The van der Waals surface area contributed by atoms with Gasteiger partial charge < -0.3 is 20.1 Å². The Bertz CT molecular complexity index is 525. The molecule has 2 rings (SSSR count). The Morgan fingerprint density at radius 2 is 2.25 bits per heavy atom. The number of aryl methyl sites for hydroxylation is 1. The number of rotatable bonds is 8. The van der Waals surface area contributed by atoms with Crippen LogP contribution in [0.15, 0.2) is 23.2 Å². The summed E-state index contributed by atoms with van der Waals surface area (Å²) < 4.78 is 11.7. The molecule has 1 saturated heterocycles. The molecule has 0 aromatic heterocycles. The Labute approximate surface area is 145 Å². The van der Waals surface area contributed by atoms with Gasteiger partial charge in [-0.05, 0) is 37.8 Å². The van der Waals surface area contributed by atoms with Gasteiger partial charge in [0.1, 0.15) is 12.4 Å². The van der Waals surface area contributed by atoms with Crippen LogP contribution in [0.5, 0.6) is 5.75 Å². The Kier molecular flexibility index (Phi) is 7.89. The molecular formula is C19H31N3O2. The zero-order chi connectivity index (χ0) is 17.2. The van der Waals surface area contributed by atoms with Crippen LogP contribution in [0.25, 0.3) is 0 Å². The van der Waals surface area contributed by atoms with Gasteiger partial charge in [-0.3, -0.25) is 4.99 Å². The second-order valence-electron chi connectivity index (χ2n) is 6.26. The SMILES string of the molecule is CCCCNC(=NC)NCc1ccc(C)cc1OCC1CCCO1. The number of aliphatic imine (C=N–C) groups is 1. The van der Waals surface area contributed by atoms with E-state index in [1.54, 1.807) is 7.05 Å². The van der Waals surface area contributed by atoms with Crippen molar-refractivity contribution in [3.8, 4) is 5.75 Å². The third-order valence-corrected chi connectivity index (χ3v) is 4.16. The number of benzene rings is 1. The van der Waals surface area contributed by atoms with E-state index in [1.807, 2.05) is 0 Å². The van der Waals surface area contributed by atoms with Crippen molar-refractivity contribution in [3.63, 3.8) is 0 Å². The highest BCUT2D eigenvalue weighted by molar-refractivity contribution is 5.79. The van der Waals surface area contributed by atoms with Crippen molar-refractivity contribution in [2.75, 3.05) is 26.8 Å². The van der Waals surface area contributed by atoms with Gasteiger partial charge in [-0.25, -0.2) is 0 Å². The zero-order valence-electron chi connectivity index (χ0n) is 15.2. The molecule has 134 valence electrons. The lowest BCUT2D eigenvalue weighted by molar-refractivity contribution is 0.0676. The maximum Gasteiger partial charge on any atom is 0.191 e. The summed E-state index contributed by atoms with van der Waals surface area (Å²) >= 11 is 0. The van der Waals surface area contributed by atoms with E-state index < -0.39 is 0 Å². The second-order valence-corrected chi connectivity index (χ2v) is 6.26. The molecule has 1 aromatic rings. The Morgan fingerprint density at radius 1 is 1.38 bits per heavy atom. The first-order valence-electron chi connectivity index (χ1n) is 9.01. The van der Waals surface area contributed by atoms with Gasteiger partial charge in [-0.2, -0.15) is 0 Å². The van der Waals surface area contributed by atoms with Crippen LogP contribution >= 0.6 is 0 Å². The molecule has 0 radical (unpaired) electrons. The average molecular weight is 333 g/mol. The van der Waals surface area contributed by atoms with Crippen LogP contribution in [0.1, 0.15) is 43.7 Å². The van der Waals surface area contributed by atoms with E-state index in [-0.39, 0.29) is 6.10 Å². The van der Waals surface area contributed by atoms with Crippen molar-refractivity contribution in [1.29, 1.82) is 0 Å². The van der Waals surface area contributed by atoms with E-state index in [4.69, 9.17) is 9.47 Å². The van der Waals surface area contributed by atoms with Crippen molar-refractivity contribution in [3.05, 3.63) is 29.3 Å².